The maximum Gasteiger partial charge on any atom is 0.260 e. The number of fused-ring (bicyclic) bond motifs is 1. The standard InChI is InChI=1S/C22H26N2O2.ClH/c25-22(24-11-2-1-3-12-24)16-26-21-9-8-17-6-7-18(13-20(17)14-21)19-5-4-10-23-15-19;/h5-9,13-14,23H,1-4,10-12,15-16H2;1H. The SMILES string of the molecule is Cl.O=C(COc1ccc2ccc(C3=CCCNC3)cc2c1)N1CCCCC1. The van der Waals surface area contributed by atoms with Gasteiger partial charge in [0.1, 0.15) is 5.75 Å². The van der Waals surface area contributed by atoms with E-state index < -0.39 is 0 Å². The van der Waals surface area contributed by atoms with Crippen molar-refractivity contribution in [3.8, 4) is 5.75 Å². The van der Waals surface area contributed by atoms with Crippen molar-refractivity contribution in [2.24, 2.45) is 0 Å². The van der Waals surface area contributed by atoms with Gasteiger partial charge in [-0.2, -0.15) is 0 Å². The van der Waals surface area contributed by atoms with Gasteiger partial charge in [-0.1, -0.05) is 24.3 Å². The molecule has 0 aliphatic carbocycles. The van der Waals surface area contributed by atoms with Crippen LogP contribution < -0.4 is 10.1 Å². The number of halogens is 1. The maximum atomic E-state index is 12.3. The van der Waals surface area contributed by atoms with Crippen molar-refractivity contribution in [3.05, 3.63) is 48.0 Å². The molecule has 0 unspecified atom stereocenters. The van der Waals surface area contributed by atoms with E-state index in [1.165, 1.54) is 22.9 Å². The topological polar surface area (TPSA) is 41.6 Å². The molecule has 0 bridgehead atoms. The van der Waals surface area contributed by atoms with Crippen LogP contribution in [0.5, 0.6) is 5.75 Å². The predicted molar refractivity (Wildman–Crippen MR) is 113 cm³/mol. The molecule has 0 atom stereocenters. The lowest BCUT2D eigenvalue weighted by atomic mass is 9.99. The molecule has 1 fully saturated rings. The van der Waals surface area contributed by atoms with Crippen molar-refractivity contribution < 1.29 is 9.53 Å². The van der Waals surface area contributed by atoms with Crippen LogP contribution >= 0.6 is 12.4 Å². The Morgan fingerprint density at radius 1 is 1.04 bits per heavy atom. The van der Waals surface area contributed by atoms with E-state index in [1.54, 1.807) is 0 Å². The van der Waals surface area contributed by atoms with E-state index in [1.807, 2.05) is 17.0 Å². The molecule has 0 radical (unpaired) electrons. The quantitative estimate of drug-likeness (QED) is 0.862. The van der Waals surface area contributed by atoms with E-state index in [9.17, 15) is 4.79 Å². The van der Waals surface area contributed by atoms with Crippen molar-refractivity contribution in [3.63, 3.8) is 0 Å². The number of nitrogens with zero attached hydrogens (tertiary/aromatic N) is 1. The number of nitrogens with one attached hydrogen (secondary N) is 1. The summed E-state index contributed by atoms with van der Waals surface area (Å²) in [4.78, 5) is 14.2. The molecule has 2 heterocycles. The van der Waals surface area contributed by atoms with E-state index >= 15 is 0 Å². The molecule has 4 nitrogen and oxygen atoms in total. The van der Waals surface area contributed by atoms with Crippen LogP contribution in [-0.4, -0.2) is 43.6 Å². The largest absolute Gasteiger partial charge is 0.484 e. The summed E-state index contributed by atoms with van der Waals surface area (Å²) in [5.74, 6) is 0.854. The smallest absolute Gasteiger partial charge is 0.260 e. The van der Waals surface area contributed by atoms with Crippen LogP contribution in [-0.2, 0) is 4.79 Å². The van der Waals surface area contributed by atoms with Crippen LogP contribution in [0.4, 0.5) is 0 Å². The number of benzene rings is 2. The Balaban J connectivity index is 0.00000210. The Labute approximate surface area is 167 Å². The Kier molecular flexibility index (Phi) is 6.75. The molecule has 2 aliphatic rings. The molecule has 27 heavy (non-hydrogen) atoms. The van der Waals surface area contributed by atoms with Crippen LogP contribution in [0.25, 0.3) is 16.3 Å². The third kappa shape index (κ3) is 4.82. The summed E-state index contributed by atoms with van der Waals surface area (Å²) in [6.45, 7) is 3.84. The minimum atomic E-state index is 0. The zero-order valence-corrected chi connectivity index (χ0v) is 16.4. The van der Waals surface area contributed by atoms with E-state index in [0.717, 1.165) is 56.6 Å². The van der Waals surface area contributed by atoms with E-state index in [0.29, 0.717) is 0 Å². The fourth-order valence-corrected chi connectivity index (χ4v) is 3.76. The van der Waals surface area contributed by atoms with Gasteiger partial charge in [-0.15, -0.1) is 12.4 Å². The first-order chi connectivity index (χ1) is 12.8. The molecule has 0 saturated carbocycles. The van der Waals surface area contributed by atoms with Crippen LogP contribution in [0.3, 0.4) is 0 Å². The number of rotatable bonds is 4. The van der Waals surface area contributed by atoms with Crippen LogP contribution in [0, 0.1) is 0 Å². The van der Waals surface area contributed by atoms with Gasteiger partial charge in [-0.05, 0) is 72.3 Å². The molecule has 0 aromatic heterocycles. The van der Waals surface area contributed by atoms with Gasteiger partial charge in [0.15, 0.2) is 6.61 Å². The zero-order valence-electron chi connectivity index (χ0n) is 15.6. The molecule has 2 aromatic carbocycles. The number of piperidine rings is 1. The first kappa shape index (κ1) is 19.7. The summed E-state index contributed by atoms with van der Waals surface area (Å²) in [5, 5.41) is 5.76. The second kappa shape index (κ2) is 9.25. The van der Waals surface area contributed by atoms with Gasteiger partial charge >= 0.3 is 0 Å². The molecule has 0 spiro atoms. The Morgan fingerprint density at radius 3 is 2.63 bits per heavy atom. The Bertz CT molecular complexity index is 828. The summed E-state index contributed by atoms with van der Waals surface area (Å²) in [6, 6.07) is 12.6. The third-order valence-electron chi connectivity index (χ3n) is 5.28. The number of amides is 1. The molecule has 1 saturated heterocycles. The first-order valence-electron chi connectivity index (χ1n) is 9.64. The predicted octanol–water partition coefficient (Wildman–Crippen LogP) is 4.03. The molecule has 5 heteroatoms. The number of hydrogen-bond acceptors (Lipinski definition) is 3. The number of carbonyl (C=O) groups is 1. The molecule has 4 rings (SSSR count). The highest BCUT2D eigenvalue weighted by Crippen LogP contribution is 2.26. The first-order valence-corrected chi connectivity index (χ1v) is 9.64. The average molecular weight is 387 g/mol. The van der Waals surface area contributed by atoms with Crippen molar-refractivity contribution in [2.75, 3.05) is 32.8 Å². The van der Waals surface area contributed by atoms with Gasteiger partial charge in [0.05, 0.1) is 0 Å². The fourth-order valence-electron chi connectivity index (χ4n) is 3.76. The van der Waals surface area contributed by atoms with Gasteiger partial charge in [-0.3, -0.25) is 4.79 Å². The molecule has 2 aliphatic heterocycles. The monoisotopic (exact) mass is 386 g/mol. The number of ether oxygens (including phenoxy) is 1. The summed E-state index contributed by atoms with van der Waals surface area (Å²) in [6.07, 6.45) is 6.83. The van der Waals surface area contributed by atoms with E-state index in [4.69, 9.17) is 4.74 Å². The minimum Gasteiger partial charge on any atom is -0.484 e. The number of hydrogen-bond donors (Lipinski definition) is 1. The molecule has 2 aromatic rings. The van der Waals surface area contributed by atoms with Gasteiger partial charge in [0.25, 0.3) is 5.91 Å². The molecule has 1 N–H and O–H groups in total. The van der Waals surface area contributed by atoms with Gasteiger partial charge in [-0.25, -0.2) is 0 Å². The van der Waals surface area contributed by atoms with Crippen molar-refractivity contribution >= 4 is 34.7 Å². The summed E-state index contributed by atoms with van der Waals surface area (Å²) in [5.41, 5.74) is 2.61. The third-order valence-corrected chi connectivity index (χ3v) is 5.28. The zero-order chi connectivity index (χ0) is 17.8. The Hall–Kier alpha value is -2.04. The molecular weight excluding hydrogens is 360 g/mol. The normalized spacial score (nSPS) is 17.2. The molecule has 144 valence electrons. The van der Waals surface area contributed by atoms with E-state index in [2.05, 4.69) is 35.7 Å². The highest BCUT2D eigenvalue weighted by atomic mass is 35.5. The lowest BCUT2D eigenvalue weighted by Crippen LogP contribution is -2.38. The highest BCUT2D eigenvalue weighted by Gasteiger charge is 2.16. The van der Waals surface area contributed by atoms with Crippen molar-refractivity contribution in [1.29, 1.82) is 0 Å². The number of likely N-dealkylation sites (tertiary alicyclic amines) is 1. The second-order valence-corrected chi connectivity index (χ2v) is 7.15. The summed E-state index contributed by atoms with van der Waals surface area (Å²) >= 11 is 0. The van der Waals surface area contributed by atoms with E-state index in [-0.39, 0.29) is 24.9 Å². The lowest BCUT2D eigenvalue weighted by Gasteiger charge is -2.26. The van der Waals surface area contributed by atoms with Crippen LogP contribution in [0.2, 0.25) is 0 Å². The minimum absolute atomic E-state index is 0. The van der Waals surface area contributed by atoms with Crippen LogP contribution in [0.1, 0.15) is 31.2 Å². The summed E-state index contributed by atoms with van der Waals surface area (Å²) < 4.78 is 5.80. The van der Waals surface area contributed by atoms with Crippen molar-refractivity contribution in [2.45, 2.75) is 25.7 Å². The fraction of sp³-hybridized carbons (Fsp3) is 0.409. The molecular formula is C22H27ClN2O2. The molecule has 1 amide bonds. The van der Waals surface area contributed by atoms with Gasteiger partial charge < -0.3 is 15.0 Å². The second-order valence-electron chi connectivity index (χ2n) is 7.15. The maximum absolute atomic E-state index is 12.3. The summed E-state index contributed by atoms with van der Waals surface area (Å²) in [7, 11) is 0. The van der Waals surface area contributed by atoms with Crippen molar-refractivity contribution in [1.82, 2.24) is 10.2 Å². The average Bonchev–Trinajstić information content (AvgIpc) is 2.72. The van der Waals surface area contributed by atoms with Gasteiger partial charge in [0, 0.05) is 19.6 Å². The Morgan fingerprint density at radius 2 is 1.85 bits per heavy atom. The van der Waals surface area contributed by atoms with Crippen LogP contribution in [0.15, 0.2) is 42.5 Å². The highest BCUT2D eigenvalue weighted by molar-refractivity contribution is 5.88. The number of carbonyl (C=O) groups excluding carboxylic acids is 1. The van der Waals surface area contributed by atoms with Gasteiger partial charge in [0.2, 0.25) is 0 Å². The lowest BCUT2D eigenvalue weighted by molar-refractivity contribution is -0.134.